The fourth-order valence-corrected chi connectivity index (χ4v) is 3.00. The number of nitrogens with zero attached hydrogens (tertiary/aromatic N) is 4. The maximum atomic E-state index is 12.3. The number of aromatic nitrogens is 3. The summed E-state index contributed by atoms with van der Waals surface area (Å²) in [6, 6.07) is -0.0280. The van der Waals surface area contributed by atoms with Gasteiger partial charge in [-0.1, -0.05) is 0 Å². The van der Waals surface area contributed by atoms with Gasteiger partial charge in [-0.3, -0.25) is 0 Å². The highest BCUT2D eigenvalue weighted by atomic mass is 16.5. The summed E-state index contributed by atoms with van der Waals surface area (Å²) in [5.74, 6) is 2.36. The minimum absolute atomic E-state index is 0.0280. The molecule has 2 aliphatic heterocycles. The first-order valence-electron chi connectivity index (χ1n) is 7.79. The molecular weight excluding hydrogens is 270 g/mol. The van der Waals surface area contributed by atoms with Gasteiger partial charge in [0.1, 0.15) is 5.82 Å². The third-order valence-electron chi connectivity index (χ3n) is 4.26. The number of fused-ring (bicyclic) bond motifs is 1. The molecule has 0 radical (unpaired) electrons. The summed E-state index contributed by atoms with van der Waals surface area (Å²) in [6.07, 6.45) is 3.15. The Morgan fingerprint density at radius 1 is 1.52 bits per heavy atom. The second kappa shape index (κ2) is 6.43. The number of carbonyl (C=O) groups is 1. The van der Waals surface area contributed by atoms with Crippen molar-refractivity contribution in [3.8, 4) is 0 Å². The minimum Gasteiger partial charge on any atom is -0.381 e. The van der Waals surface area contributed by atoms with E-state index in [1.165, 1.54) is 0 Å². The van der Waals surface area contributed by atoms with Crippen LogP contribution in [0.1, 0.15) is 31.4 Å². The number of amides is 2. The average Bonchev–Trinajstić information content (AvgIpc) is 3.20. The van der Waals surface area contributed by atoms with Crippen LogP contribution >= 0.6 is 0 Å². The van der Waals surface area contributed by atoms with Crippen molar-refractivity contribution in [2.45, 2.75) is 39.3 Å². The zero-order chi connectivity index (χ0) is 14.7. The van der Waals surface area contributed by atoms with Crippen molar-refractivity contribution in [1.29, 1.82) is 0 Å². The summed E-state index contributed by atoms with van der Waals surface area (Å²) in [5.41, 5.74) is 0. The number of hydrogen-bond acceptors (Lipinski definition) is 4. The Bertz CT molecular complexity index is 496. The molecule has 3 rings (SSSR count). The molecule has 0 bridgehead atoms. The highest BCUT2D eigenvalue weighted by Crippen LogP contribution is 2.15. The lowest BCUT2D eigenvalue weighted by atomic mass is 10.1. The SMILES string of the molecule is CCN(C[C@@H]1CCOC1)C(=O)NCc1nnc2n1CCC2. The van der Waals surface area contributed by atoms with Crippen molar-refractivity contribution in [2.75, 3.05) is 26.3 Å². The molecule has 3 heterocycles. The highest BCUT2D eigenvalue weighted by molar-refractivity contribution is 5.74. The van der Waals surface area contributed by atoms with Crippen LogP contribution < -0.4 is 5.32 Å². The molecule has 0 aliphatic carbocycles. The van der Waals surface area contributed by atoms with Crippen LogP contribution in [0.15, 0.2) is 0 Å². The van der Waals surface area contributed by atoms with Crippen LogP contribution in [0.3, 0.4) is 0 Å². The van der Waals surface area contributed by atoms with Gasteiger partial charge in [0.2, 0.25) is 0 Å². The Kier molecular flexibility index (Phi) is 4.38. The largest absolute Gasteiger partial charge is 0.381 e. The molecule has 0 saturated carbocycles. The van der Waals surface area contributed by atoms with E-state index in [9.17, 15) is 4.79 Å². The Morgan fingerprint density at radius 3 is 3.19 bits per heavy atom. The van der Waals surface area contributed by atoms with E-state index in [-0.39, 0.29) is 6.03 Å². The smallest absolute Gasteiger partial charge is 0.317 e. The number of carbonyl (C=O) groups excluding carboxylic acids is 1. The molecule has 2 amide bonds. The zero-order valence-electron chi connectivity index (χ0n) is 12.5. The van der Waals surface area contributed by atoms with Crippen molar-refractivity contribution in [3.63, 3.8) is 0 Å². The van der Waals surface area contributed by atoms with Gasteiger partial charge in [0, 0.05) is 38.6 Å². The third kappa shape index (κ3) is 3.18. The first-order valence-corrected chi connectivity index (χ1v) is 7.79. The van der Waals surface area contributed by atoms with E-state index in [4.69, 9.17) is 4.74 Å². The topological polar surface area (TPSA) is 72.3 Å². The molecule has 0 aromatic carbocycles. The van der Waals surface area contributed by atoms with Gasteiger partial charge in [0.15, 0.2) is 5.82 Å². The van der Waals surface area contributed by atoms with Gasteiger partial charge in [0.25, 0.3) is 0 Å². The highest BCUT2D eigenvalue weighted by Gasteiger charge is 2.22. The maximum Gasteiger partial charge on any atom is 0.317 e. The molecule has 21 heavy (non-hydrogen) atoms. The van der Waals surface area contributed by atoms with E-state index < -0.39 is 0 Å². The summed E-state index contributed by atoms with van der Waals surface area (Å²) in [5, 5.41) is 11.3. The van der Waals surface area contributed by atoms with Crippen molar-refractivity contribution >= 4 is 6.03 Å². The molecule has 0 unspecified atom stereocenters. The Labute approximate surface area is 124 Å². The van der Waals surface area contributed by atoms with Gasteiger partial charge in [-0.25, -0.2) is 4.79 Å². The lowest BCUT2D eigenvalue weighted by Gasteiger charge is -2.23. The molecule has 116 valence electrons. The van der Waals surface area contributed by atoms with E-state index in [1.807, 2.05) is 11.8 Å². The van der Waals surface area contributed by atoms with Crippen molar-refractivity contribution in [2.24, 2.45) is 5.92 Å². The molecule has 1 aromatic rings. The zero-order valence-corrected chi connectivity index (χ0v) is 12.5. The molecule has 7 heteroatoms. The van der Waals surface area contributed by atoms with E-state index in [2.05, 4.69) is 20.1 Å². The Balaban J connectivity index is 1.52. The maximum absolute atomic E-state index is 12.3. The first kappa shape index (κ1) is 14.3. The normalized spacial score (nSPS) is 20.5. The fraction of sp³-hybridized carbons (Fsp3) is 0.786. The molecule has 1 atom stereocenters. The number of ether oxygens (including phenoxy) is 1. The Hall–Kier alpha value is -1.63. The standard InChI is InChI=1S/C14H23N5O2/c1-2-18(9-11-5-7-21-10-11)14(20)15-8-13-17-16-12-4-3-6-19(12)13/h11H,2-10H2,1H3,(H,15,20)/t11-/m0/s1. The van der Waals surface area contributed by atoms with Gasteiger partial charge in [-0.15, -0.1) is 10.2 Å². The molecule has 1 fully saturated rings. The van der Waals surface area contributed by atoms with E-state index in [0.29, 0.717) is 19.0 Å². The number of hydrogen-bond donors (Lipinski definition) is 1. The van der Waals surface area contributed by atoms with Crippen LogP contribution in [0.2, 0.25) is 0 Å². The summed E-state index contributed by atoms with van der Waals surface area (Å²) in [6.45, 7) is 6.47. The third-order valence-corrected chi connectivity index (χ3v) is 4.26. The van der Waals surface area contributed by atoms with E-state index in [1.54, 1.807) is 0 Å². The number of urea groups is 1. The monoisotopic (exact) mass is 293 g/mol. The molecule has 1 N–H and O–H groups in total. The molecule has 1 aromatic heterocycles. The van der Waals surface area contributed by atoms with Crippen LogP contribution in [-0.2, 0) is 24.2 Å². The van der Waals surface area contributed by atoms with Gasteiger partial charge < -0.3 is 19.5 Å². The second-order valence-electron chi connectivity index (χ2n) is 5.71. The lowest BCUT2D eigenvalue weighted by molar-refractivity contribution is 0.166. The van der Waals surface area contributed by atoms with Crippen LogP contribution in [0.4, 0.5) is 4.79 Å². The summed E-state index contributed by atoms with van der Waals surface area (Å²) >= 11 is 0. The van der Waals surface area contributed by atoms with Gasteiger partial charge >= 0.3 is 6.03 Å². The van der Waals surface area contributed by atoms with Crippen molar-refractivity contribution in [3.05, 3.63) is 11.6 Å². The first-order chi connectivity index (χ1) is 10.3. The second-order valence-corrected chi connectivity index (χ2v) is 5.71. The Morgan fingerprint density at radius 2 is 2.43 bits per heavy atom. The molecular formula is C14H23N5O2. The molecule has 1 saturated heterocycles. The minimum atomic E-state index is -0.0280. The van der Waals surface area contributed by atoms with Crippen LogP contribution in [-0.4, -0.2) is 52.0 Å². The summed E-state index contributed by atoms with van der Waals surface area (Å²) < 4.78 is 7.48. The van der Waals surface area contributed by atoms with Gasteiger partial charge in [-0.2, -0.15) is 0 Å². The number of nitrogens with one attached hydrogen (secondary N) is 1. The van der Waals surface area contributed by atoms with Crippen molar-refractivity contribution in [1.82, 2.24) is 25.0 Å². The predicted octanol–water partition coefficient (Wildman–Crippen LogP) is 0.792. The van der Waals surface area contributed by atoms with Crippen LogP contribution in [0.25, 0.3) is 0 Å². The molecule has 2 aliphatic rings. The van der Waals surface area contributed by atoms with Crippen LogP contribution in [0, 0.1) is 5.92 Å². The number of aryl methyl sites for hydroxylation is 1. The van der Waals surface area contributed by atoms with E-state index in [0.717, 1.165) is 57.2 Å². The summed E-state index contributed by atoms with van der Waals surface area (Å²) in [7, 11) is 0. The quantitative estimate of drug-likeness (QED) is 0.871. The van der Waals surface area contributed by atoms with Crippen LogP contribution in [0.5, 0.6) is 0 Å². The lowest BCUT2D eigenvalue weighted by Crippen LogP contribution is -2.42. The molecule has 0 spiro atoms. The average molecular weight is 293 g/mol. The summed E-state index contributed by atoms with van der Waals surface area (Å²) in [4.78, 5) is 14.1. The molecule has 7 nitrogen and oxygen atoms in total. The van der Waals surface area contributed by atoms with E-state index >= 15 is 0 Å². The fourth-order valence-electron chi connectivity index (χ4n) is 3.00. The van der Waals surface area contributed by atoms with Gasteiger partial charge in [-0.05, 0) is 19.8 Å². The number of rotatable bonds is 5. The predicted molar refractivity (Wildman–Crippen MR) is 76.8 cm³/mol. The van der Waals surface area contributed by atoms with Crippen molar-refractivity contribution < 1.29 is 9.53 Å². The van der Waals surface area contributed by atoms with Gasteiger partial charge in [0.05, 0.1) is 13.2 Å².